The van der Waals surface area contributed by atoms with Crippen LogP contribution in [0.25, 0.3) is 5.65 Å². The van der Waals surface area contributed by atoms with Gasteiger partial charge >= 0.3 is 0 Å². The highest BCUT2D eigenvalue weighted by Crippen LogP contribution is 2.13. The van der Waals surface area contributed by atoms with Crippen LogP contribution in [0.15, 0.2) is 16.8 Å². The molecule has 3 nitrogen and oxygen atoms in total. The summed E-state index contributed by atoms with van der Waals surface area (Å²) in [5.74, 6) is 0. The molecule has 0 radical (unpaired) electrons. The second-order valence-electron chi connectivity index (χ2n) is 2.10. The number of aryl methyl sites for hydroxylation is 2. The predicted molar refractivity (Wildman–Crippen MR) is 50.2 cm³/mol. The molecule has 0 aliphatic rings. The zero-order chi connectivity index (χ0) is 15.5. The lowest BCUT2D eigenvalue weighted by molar-refractivity contribution is 0.907. The molecule has 0 N–H and O–H groups in total. The number of hydrogen-bond acceptors (Lipinski definition) is 2. The standard InChI is InChI=1S/C8H8BrN3/c1-5-3-7(9)11-12-4-6(2)10-8(5)12/h3-4H,1-2H3/i1D3,2D3,3D,4D. The van der Waals surface area contributed by atoms with Crippen molar-refractivity contribution in [2.45, 2.75) is 13.7 Å². The van der Waals surface area contributed by atoms with E-state index in [-0.39, 0.29) is 10.3 Å². The van der Waals surface area contributed by atoms with Crippen molar-refractivity contribution in [3.63, 3.8) is 0 Å². The van der Waals surface area contributed by atoms with Crippen LogP contribution in [0.5, 0.6) is 0 Å². The van der Waals surface area contributed by atoms with Gasteiger partial charge in [0.15, 0.2) is 5.65 Å². The number of fused-ring (bicyclic) bond motifs is 1. The molecular formula is C8H8BrN3. The number of aromatic nitrogens is 3. The highest BCUT2D eigenvalue weighted by Gasteiger charge is 2.02. The van der Waals surface area contributed by atoms with E-state index in [0.29, 0.717) is 0 Å². The van der Waals surface area contributed by atoms with Crippen LogP contribution in [-0.2, 0) is 0 Å². The first-order chi connectivity index (χ1) is 8.94. The summed E-state index contributed by atoms with van der Waals surface area (Å²) in [5, 5.41) is 3.78. The first kappa shape index (κ1) is 2.80. The average Bonchev–Trinajstić information content (AvgIpc) is 2.55. The van der Waals surface area contributed by atoms with Gasteiger partial charge in [-0.05, 0) is 41.2 Å². The summed E-state index contributed by atoms with van der Waals surface area (Å²) < 4.78 is 60.4. The minimum Gasteiger partial charge on any atom is -0.232 e. The zero-order valence-corrected chi connectivity index (χ0v) is 7.31. The molecule has 0 saturated heterocycles. The van der Waals surface area contributed by atoms with Gasteiger partial charge in [0, 0.05) is 8.22 Å². The van der Waals surface area contributed by atoms with Crippen LogP contribution in [-0.4, -0.2) is 14.6 Å². The fourth-order valence-corrected chi connectivity index (χ4v) is 1.19. The lowest BCUT2D eigenvalue weighted by atomic mass is 10.3. The van der Waals surface area contributed by atoms with Gasteiger partial charge < -0.3 is 0 Å². The Morgan fingerprint density at radius 1 is 1.67 bits per heavy atom. The molecule has 2 rings (SSSR count). The van der Waals surface area contributed by atoms with Crippen LogP contribution in [0, 0.1) is 13.7 Å². The van der Waals surface area contributed by atoms with Gasteiger partial charge in [-0.1, -0.05) is 0 Å². The smallest absolute Gasteiger partial charge is 0.156 e. The van der Waals surface area contributed by atoms with E-state index in [1.807, 2.05) is 0 Å². The third-order valence-corrected chi connectivity index (χ3v) is 1.63. The van der Waals surface area contributed by atoms with Crippen LogP contribution >= 0.6 is 15.9 Å². The molecule has 0 bridgehead atoms. The molecule has 0 aromatic carbocycles. The van der Waals surface area contributed by atoms with Crippen molar-refractivity contribution in [1.82, 2.24) is 14.6 Å². The highest BCUT2D eigenvalue weighted by atomic mass is 79.9. The van der Waals surface area contributed by atoms with Crippen LogP contribution in [0.1, 0.15) is 22.2 Å². The van der Waals surface area contributed by atoms with Gasteiger partial charge in [0.1, 0.15) is 4.60 Å². The van der Waals surface area contributed by atoms with E-state index in [2.05, 4.69) is 26.0 Å². The summed E-state index contributed by atoms with van der Waals surface area (Å²) in [6.07, 6.45) is -0.522. The summed E-state index contributed by atoms with van der Waals surface area (Å²) in [4.78, 5) is 3.70. The van der Waals surface area contributed by atoms with Crippen LogP contribution < -0.4 is 0 Å². The second kappa shape index (κ2) is 2.55. The fraction of sp³-hybridized carbons (Fsp3) is 0.250. The molecule has 0 aliphatic heterocycles. The van der Waals surface area contributed by atoms with E-state index in [1.54, 1.807) is 0 Å². The molecule has 4 heteroatoms. The average molecular weight is 234 g/mol. The van der Waals surface area contributed by atoms with Crippen molar-refractivity contribution in [2.75, 3.05) is 0 Å². The van der Waals surface area contributed by atoms with Crippen molar-refractivity contribution in [3.05, 3.63) is 28.1 Å². The Bertz CT molecular complexity index is 686. The SMILES string of the molecule is [2H]c1c(Br)nn2c([2H])c(C([2H])([2H])[2H])nc2c1C([2H])([2H])[2H]. The van der Waals surface area contributed by atoms with E-state index >= 15 is 0 Å². The minimum atomic E-state index is -2.67. The molecule has 0 spiro atoms. The Hall–Kier alpha value is -0.900. The number of nitrogens with zero attached hydrogens (tertiary/aromatic N) is 3. The largest absolute Gasteiger partial charge is 0.232 e. The van der Waals surface area contributed by atoms with Crippen molar-refractivity contribution in [2.24, 2.45) is 0 Å². The summed E-state index contributed by atoms with van der Waals surface area (Å²) in [6.45, 7) is -5.33. The van der Waals surface area contributed by atoms with Gasteiger partial charge in [0.25, 0.3) is 0 Å². The molecule has 0 fully saturated rings. The predicted octanol–water partition coefficient (Wildman–Crippen LogP) is 2.11. The molecule has 0 saturated carbocycles. The first-order valence-corrected chi connectivity index (χ1v) is 3.80. The summed E-state index contributed by atoms with van der Waals surface area (Å²) in [7, 11) is 0. The van der Waals surface area contributed by atoms with E-state index in [1.165, 1.54) is 0 Å². The Morgan fingerprint density at radius 3 is 3.33 bits per heavy atom. The van der Waals surface area contributed by atoms with Gasteiger partial charge in [0.2, 0.25) is 0 Å². The van der Waals surface area contributed by atoms with Crippen molar-refractivity contribution >= 4 is 21.6 Å². The Morgan fingerprint density at radius 2 is 2.58 bits per heavy atom. The zero-order valence-electron chi connectivity index (χ0n) is 13.7. The molecule has 0 unspecified atom stereocenters. The summed E-state index contributed by atoms with van der Waals surface area (Å²) in [6, 6.07) is -0.403. The number of imidazole rings is 1. The topological polar surface area (TPSA) is 30.2 Å². The molecular weight excluding hydrogens is 218 g/mol. The van der Waals surface area contributed by atoms with Crippen molar-refractivity contribution < 1.29 is 11.0 Å². The molecule has 0 aliphatic carbocycles. The Balaban J connectivity index is 2.96. The maximum absolute atomic E-state index is 7.76. The van der Waals surface area contributed by atoms with Crippen LogP contribution in [0.4, 0.5) is 0 Å². The third-order valence-electron chi connectivity index (χ3n) is 1.27. The minimum absolute atomic E-state index is 0.0980. The maximum atomic E-state index is 7.76. The van der Waals surface area contributed by atoms with Crippen LogP contribution in [0.2, 0.25) is 0 Å². The van der Waals surface area contributed by atoms with E-state index in [0.717, 1.165) is 4.52 Å². The van der Waals surface area contributed by atoms with Gasteiger partial charge in [-0.25, -0.2) is 9.50 Å². The van der Waals surface area contributed by atoms with E-state index < -0.39 is 37.2 Å². The quantitative estimate of drug-likeness (QED) is 0.698. The third kappa shape index (κ3) is 1.12. The van der Waals surface area contributed by atoms with Gasteiger partial charge in [-0.15, -0.1) is 0 Å². The summed E-state index contributed by atoms with van der Waals surface area (Å²) in [5.41, 5.74) is -1.30. The van der Waals surface area contributed by atoms with E-state index in [9.17, 15) is 0 Å². The summed E-state index contributed by atoms with van der Waals surface area (Å²) >= 11 is 2.93. The van der Waals surface area contributed by atoms with E-state index in [4.69, 9.17) is 11.0 Å². The Labute approximate surface area is 89.8 Å². The molecule has 2 aromatic rings. The normalized spacial score (nSPS) is 22.8. The maximum Gasteiger partial charge on any atom is 0.156 e. The Kier molecular flexibility index (Phi) is 0.596. The monoisotopic (exact) mass is 233 g/mol. The molecule has 0 amide bonds. The highest BCUT2D eigenvalue weighted by molar-refractivity contribution is 9.10. The molecule has 12 heavy (non-hydrogen) atoms. The first-order valence-electron chi connectivity index (χ1n) is 7.01. The molecule has 0 atom stereocenters. The fourth-order valence-electron chi connectivity index (χ4n) is 0.838. The number of rotatable bonds is 0. The van der Waals surface area contributed by atoms with Crippen molar-refractivity contribution in [3.8, 4) is 0 Å². The van der Waals surface area contributed by atoms with Crippen LogP contribution in [0.3, 0.4) is 0 Å². The van der Waals surface area contributed by atoms with Gasteiger partial charge in [0.05, 0.1) is 14.6 Å². The van der Waals surface area contributed by atoms with Gasteiger partial charge in [-0.3, -0.25) is 0 Å². The van der Waals surface area contributed by atoms with Crippen molar-refractivity contribution in [1.29, 1.82) is 0 Å². The molecule has 2 heterocycles. The molecule has 2 aromatic heterocycles. The lowest BCUT2D eigenvalue weighted by Crippen LogP contribution is -1.92. The number of hydrogen-bond donors (Lipinski definition) is 0. The van der Waals surface area contributed by atoms with Gasteiger partial charge in [-0.2, -0.15) is 5.10 Å². The molecule has 62 valence electrons. The second-order valence-corrected chi connectivity index (χ2v) is 2.85. The number of halogens is 1. The lowest BCUT2D eigenvalue weighted by Gasteiger charge is -1.96.